The molecule has 180 valence electrons. The molecule has 4 atom stereocenters. The standard InChI is InChI=1S/C26H33BrClFN2O2/c1-24(2,3)14-20-26(30,18-11-10-17(28)13-19(18)29)21(15-8-7-9-16(27)12-15)22(31-20)23(32)33-25(4,5)6/h7-13,20-22,31H,14,30H2,1-6H3. The van der Waals surface area contributed by atoms with Crippen LogP contribution in [0.25, 0.3) is 0 Å². The smallest absolute Gasteiger partial charge is 0.324 e. The fourth-order valence-corrected chi connectivity index (χ4v) is 5.29. The molecule has 0 bridgehead atoms. The van der Waals surface area contributed by atoms with E-state index < -0.39 is 40.9 Å². The predicted molar refractivity (Wildman–Crippen MR) is 135 cm³/mol. The van der Waals surface area contributed by atoms with Gasteiger partial charge in [-0.05, 0) is 62.4 Å². The molecule has 0 aliphatic carbocycles. The van der Waals surface area contributed by atoms with E-state index in [9.17, 15) is 4.79 Å². The summed E-state index contributed by atoms with van der Waals surface area (Å²) < 4.78 is 22.0. The lowest BCUT2D eigenvalue weighted by atomic mass is 9.68. The van der Waals surface area contributed by atoms with Crippen LogP contribution in [0.5, 0.6) is 0 Å². The van der Waals surface area contributed by atoms with Crippen molar-refractivity contribution in [3.05, 3.63) is 68.9 Å². The number of rotatable bonds is 4. The van der Waals surface area contributed by atoms with Crippen molar-refractivity contribution in [2.75, 3.05) is 0 Å². The molecule has 1 fully saturated rings. The molecular formula is C26H33BrClFN2O2. The van der Waals surface area contributed by atoms with E-state index in [2.05, 4.69) is 42.0 Å². The van der Waals surface area contributed by atoms with Crippen LogP contribution in [0, 0.1) is 11.2 Å². The second kappa shape index (κ2) is 9.29. The maximum Gasteiger partial charge on any atom is 0.324 e. The average Bonchev–Trinajstić information content (AvgIpc) is 2.92. The van der Waals surface area contributed by atoms with Crippen LogP contribution in [0.3, 0.4) is 0 Å². The summed E-state index contributed by atoms with van der Waals surface area (Å²) in [7, 11) is 0. The lowest BCUT2D eigenvalue weighted by Gasteiger charge is -2.40. The molecule has 0 aromatic heterocycles. The van der Waals surface area contributed by atoms with Crippen LogP contribution in [-0.2, 0) is 15.1 Å². The Kier molecular flexibility index (Phi) is 7.36. The summed E-state index contributed by atoms with van der Waals surface area (Å²) >= 11 is 9.59. The molecule has 0 radical (unpaired) electrons. The molecule has 2 aromatic rings. The summed E-state index contributed by atoms with van der Waals surface area (Å²) in [5, 5.41) is 3.75. The molecule has 3 N–H and O–H groups in total. The highest BCUT2D eigenvalue weighted by Gasteiger charge is 2.58. The second-order valence-electron chi connectivity index (χ2n) is 11.1. The van der Waals surface area contributed by atoms with Crippen LogP contribution in [0.4, 0.5) is 4.39 Å². The minimum absolute atomic E-state index is 0.129. The molecule has 4 nitrogen and oxygen atoms in total. The maximum atomic E-state index is 15.4. The van der Waals surface area contributed by atoms with Gasteiger partial charge in [-0.25, -0.2) is 4.39 Å². The Hall–Kier alpha value is -1.47. The summed E-state index contributed by atoms with van der Waals surface area (Å²) in [4.78, 5) is 13.4. The Labute approximate surface area is 209 Å². The Bertz CT molecular complexity index is 1030. The molecule has 1 saturated heterocycles. The number of carbonyl (C=O) groups is 1. The summed E-state index contributed by atoms with van der Waals surface area (Å²) in [5.41, 5.74) is 6.34. The zero-order valence-corrected chi connectivity index (χ0v) is 22.4. The largest absolute Gasteiger partial charge is 0.459 e. The zero-order chi connectivity index (χ0) is 24.8. The number of ether oxygens (including phenoxy) is 1. The highest BCUT2D eigenvalue weighted by atomic mass is 79.9. The van der Waals surface area contributed by atoms with E-state index in [0.29, 0.717) is 17.0 Å². The van der Waals surface area contributed by atoms with E-state index in [1.54, 1.807) is 12.1 Å². The van der Waals surface area contributed by atoms with E-state index in [-0.39, 0.29) is 5.41 Å². The molecule has 2 aromatic carbocycles. The van der Waals surface area contributed by atoms with Crippen molar-refractivity contribution in [2.24, 2.45) is 11.1 Å². The monoisotopic (exact) mass is 538 g/mol. The topological polar surface area (TPSA) is 64.3 Å². The molecule has 4 unspecified atom stereocenters. The fraction of sp³-hybridized carbons (Fsp3) is 0.500. The SMILES string of the molecule is CC(C)(C)CC1NC(C(=O)OC(C)(C)C)C(c2cccc(Br)c2)C1(N)c1ccc(Cl)cc1F. The van der Waals surface area contributed by atoms with E-state index >= 15 is 4.39 Å². The van der Waals surface area contributed by atoms with Crippen molar-refractivity contribution in [2.45, 2.75) is 77.1 Å². The van der Waals surface area contributed by atoms with E-state index in [1.807, 2.05) is 45.0 Å². The van der Waals surface area contributed by atoms with Gasteiger partial charge in [0.25, 0.3) is 0 Å². The summed E-state index contributed by atoms with van der Waals surface area (Å²) in [5.74, 6) is -1.48. The fourth-order valence-electron chi connectivity index (χ4n) is 4.72. The third-order valence-electron chi connectivity index (χ3n) is 5.89. The van der Waals surface area contributed by atoms with Gasteiger partial charge in [0.1, 0.15) is 17.5 Å². The van der Waals surface area contributed by atoms with Gasteiger partial charge in [-0.2, -0.15) is 0 Å². The molecule has 7 heteroatoms. The van der Waals surface area contributed by atoms with Crippen LogP contribution >= 0.6 is 27.5 Å². The Morgan fingerprint density at radius 3 is 2.39 bits per heavy atom. The minimum atomic E-state index is -1.23. The first-order chi connectivity index (χ1) is 15.1. The third-order valence-corrected chi connectivity index (χ3v) is 6.62. The van der Waals surface area contributed by atoms with Crippen LogP contribution in [0.15, 0.2) is 46.9 Å². The van der Waals surface area contributed by atoms with E-state index in [0.717, 1.165) is 10.0 Å². The average molecular weight is 540 g/mol. The zero-order valence-electron chi connectivity index (χ0n) is 20.0. The van der Waals surface area contributed by atoms with Crippen molar-refractivity contribution in [3.8, 4) is 0 Å². The van der Waals surface area contributed by atoms with Crippen molar-refractivity contribution < 1.29 is 13.9 Å². The maximum absolute atomic E-state index is 15.4. The van der Waals surface area contributed by atoms with Gasteiger partial charge in [0.05, 0.1) is 5.54 Å². The first-order valence-corrected chi connectivity index (χ1v) is 12.3. The van der Waals surface area contributed by atoms with Gasteiger partial charge in [0.15, 0.2) is 0 Å². The number of benzene rings is 2. The number of nitrogens with two attached hydrogens (primary N) is 1. The van der Waals surface area contributed by atoms with Gasteiger partial charge in [0, 0.05) is 27.0 Å². The van der Waals surface area contributed by atoms with Gasteiger partial charge >= 0.3 is 5.97 Å². The molecule has 1 aliphatic rings. The van der Waals surface area contributed by atoms with Crippen molar-refractivity contribution >= 4 is 33.5 Å². The third kappa shape index (κ3) is 5.79. The van der Waals surface area contributed by atoms with Crippen molar-refractivity contribution in [1.29, 1.82) is 0 Å². The number of nitrogens with one attached hydrogen (secondary N) is 1. The Morgan fingerprint density at radius 2 is 1.85 bits per heavy atom. The Balaban J connectivity index is 2.25. The van der Waals surface area contributed by atoms with Crippen LogP contribution < -0.4 is 11.1 Å². The number of esters is 1. The minimum Gasteiger partial charge on any atom is -0.459 e. The summed E-state index contributed by atoms with van der Waals surface area (Å²) in [6.07, 6.45) is 0.620. The summed E-state index contributed by atoms with van der Waals surface area (Å²) in [6.45, 7) is 11.8. The predicted octanol–water partition coefficient (Wildman–Crippen LogP) is 6.30. The molecule has 1 heterocycles. The molecule has 0 saturated carbocycles. The molecule has 1 aliphatic heterocycles. The van der Waals surface area contributed by atoms with E-state index in [1.165, 1.54) is 6.07 Å². The molecular weight excluding hydrogens is 507 g/mol. The number of hydrogen-bond donors (Lipinski definition) is 2. The number of hydrogen-bond acceptors (Lipinski definition) is 4. The highest BCUT2D eigenvalue weighted by molar-refractivity contribution is 9.10. The van der Waals surface area contributed by atoms with Crippen LogP contribution in [0.1, 0.15) is 65.0 Å². The van der Waals surface area contributed by atoms with Crippen molar-refractivity contribution in [1.82, 2.24) is 5.32 Å². The molecule has 3 rings (SSSR count). The van der Waals surface area contributed by atoms with Crippen molar-refractivity contribution in [3.63, 3.8) is 0 Å². The van der Waals surface area contributed by atoms with Gasteiger partial charge < -0.3 is 10.5 Å². The molecule has 0 amide bonds. The van der Waals surface area contributed by atoms with Crippen LogP contribution in [0.2, 0.25) is 5.02 Å². The molecule has 0 spiro atoms. The van der Waals surface area contributed by atoms with Crippen LogP contribution in [-0.4, -0.2) is 23.7 Å². The lowest BCUT2D eigenvalue weighted by Crippen LogP contribution is -2.52. The van der Waals surface area contributed by atoms with E-state index in [4.69, 9.17) is 22.1 Å². The molecule has 33 heavy (non-hydrogen) atoms. The van der Waals surface area contributed by atoms with Gasteiger partial charge in [-0.3, -0.25) is 10.1 Å². The normalized spacial score (nSPS) is 25.8. The highest BCUT2D eigenvalue weighted by Crippen LogP contribution is 2.49. The van der Waals surface area contributed by atoms with Gasteiger partial charge in [0.2, 0.25) is 0 Å². The first kappa shape index (κ1) is 26.1. The van der Waals surface area contributed by atoms with Gasteiger partial charge in [-0.1, -0.05) is 66.5 Å². The lowest BCUT2D eigenvalue weighted by molar-refractivity contribution is -0.157. The number of halogens is 3. The first-order valence-electron chi connectivity index (χ1n) is 11.1. The summed E-state index contributed by atoms with van der Waals surface area (Å²) in [6, 6.07) is 11.0. The quantitative estimate of drug-likeness (QED) is 0.448. The Morgan fingerprint density at radius 1 is 1.18 bits per heavy atom. The second-order valence-corrected chi connectivity index (χ2v) is 12.4. The van der Waals surface area contributed by atoms with Gasteiger partial charge in [-0.15, -0.1) is 0 Å². The number of carbonyl (C=O) groups excluding carboxylic acids is 1.